The fourth-order valence-corrected chi connectivity index (χ4v) is 4.81. The molecule has 4 N–H and O–H groups in total. The molecular formula is C23H26N4O5S. The quantitative estimate of drug-likeness (QED) is 0.193. The Morgan fingerprint density at radius 1 is 0.939 bits per heavy atom. The predicted molar refractivity (Wildman–Crippen MR) is 124 cm³/mol. The third kappa shape index (κ3) is 6.82. The summed E-state index contributed by atoms with van der Waals surface area (Å²) < 4.78 is 29.0. The first kappa shape index (κ1) is 24.3. The van der Waals surface area contributed by atoms with Gasteiger partial charge < -0.3 is 5.32 Å². The molecule has 0 aliphatic heterocycles. The molecule has 0 saturated carbocycles. The second-order valence-corrected chi connectivity index (χ2v) is 9.18. The number of hydrogen-bond donors (Lipinski definition) is 4. The monoisotopic (exact) mass is 470 g/mol. The van der Waals surface area contributed by atoms with Crippen LogP contribution in [0.4, 0.5) is 5.69 Å². The van der Waals surface area contributed by atoms with E-state index in [1.54, 1.807) is 54.0 Å². The van der Waals surface area contributed by atoms with Crippen LogP contribution < -0.4 is 15.5 Å². The first-order chi connectivity index (χ1) is 15.9. The van der Waals surface area contributed by atoms with E-state index in [2.05, 4.69) is 15.0 Å². The Morgan fingerprint density at radius 3 is 2.45 bits per heavy atom. The molecule has 0 unspecified atom stereocenters. The fraction of sp³-hybridized carbons (Fsp3) is 0.261. The summed E-state index contributed by atoms with van der Waals surface area (Å²) in [5, 5.41) is 12.0. The van der Waals surface area contributed by atoms with Gasteiger partial charge in [0.2, 0.25) is 21.8 Å². The van der Waals surface area contributed by atoms with Crippen molar-refractivity contribution in [2.45, 2.75) is 43.0 Å². The summed E-state index contributed by atoms with van der Waals surface area (Å²) in [6, 6.07) is 16.1. The fourth-order valence-electron chi connectivity index (χ4n) is 3.40. The zero-order chi connectivity index (χ0) is 23.7. The lowest BCUT2D eigenvalue weighted by Gasteiger charge is -2.19. The van der Waals surface area contributed by atoms with Crippen LogP contribution in [0, 0.1) is 0 Å². The van der Waals surface area contributed by atoms with E-state index in [1.165, 1.54) is 12.3 Å². The average Bonchev–Trinajstić information content (AvgIpc) is 2.83. The number of aromatic nitrogens is 1. The van der Waals surface area contributed by atoms with E-state index < -0.39 is 27.9 Å². The van der Waals surface area contributed by atoms with Gasteiger partial charge in [-0.2, -0.15) is 4.72 Å². The minimum absolute atomic E-state index is 0.00210. The molecule has 3 rings (SSSR count). The number of benzene rings is 2. The molecule has 0 bridgehead atoms. The smallest absolute Gasteiger partial charge is 0.243 e. The van der Waals surface area contributed by atoms with Gasteiger partial charge in [-0.05, 0) is 37.1 Å². The van der Waals surface area contributed by atoms with E-state index in [1.807, 2.05) is 6.07 Å². The highest BCUT2D eigenvalue weighted by atomic mass is 32.2. The van der Waals surface area contributed by atoms with Crippen molar-refractivity contribution in [3.8, 4) is 0 Å². The molecule has 10 heteroatoms. The Morgan fingerprint density at radius 2 is 1.70 bits per heavy atom. The summed E-state index contributed by atoms with van der Waals surface area (Å²) >= 11 is 0. The van der Waals surface area contributed by atoms with Gasteiger partial charge in [0.1, 0.15) is 10.9 Å². The SMILES string of the molecule is O=C(CCCCC[C@H](NS(=O)(=O)c1cccc2cccnc12)C(=O)Nc1ccccc1)NO. The lowest BCUT2D eigenvalue weighted by Crippen LogP contribution is -2.43. The van der Waals surface area contributed by atoms with Crippen molar-refractivity contribution in [1.82, 2.24) is 15.2 Å². The lowest BCUT2D eigenvalue weighted by molar-refractivity contribution is -0.129. The number of para-hydroxylation sites is 2. The van der Waals surface area contributed by atoms with Gasteiger partial charge in [-0.15, -0.1) is 0 Å². The van der Waals surface area contributed by atoms with Crippen molar-refractivity contribution in [3.05, 3.63) is 66.9 Å². The zero-order valence-corrected chi connectivity index (χ0v) is 18.7. The predicted octanol–water partition coefficient (Wildman–Crippen LogP) is 2.98. The van der Waals surface area contributed by atoms with Crippen molar-refractivity contribution in [2.75, 3.05) is 5.32 Å². The number of hydrogen-bond acceptors (Lipinski definition) is 6. The molecule has 0 saturated heterocycles. The van der Waals surface area contributed by atoms with Gasteiger partial charge in [0.15, 0.2) is 0 Å². The number of fused-ring (bicyclic) bond motifs is 1. The van der Waals surface area contributed by atoms with Gasteiger partial charge in [-0.1, -0.05) is 49.2 Å². The van der Waals surface area contributed by atoms with Gasteiger partial charge in [0.05, 0.1) is 5.52 Å². The third-order valence-electron chi connectivity index (χ3n) is 5.06. The molecule has 0 fully saturated rings. The van der Waals surface area contributed by atoms with Crippen LogP contribution in [0.5, 0.6) is 0 Å². The number of nitrogens with zero attached hydrogens (tertiary/aromatic N) is 1. The topological polar surface area (TPSA) is 137 Å². The molecule has 0 spiro atoms. The maximum absolute atomic E-state index is 13.2. The first-order valence-corrected chi connectivity index (χ1v) is 12.0. The number of unbranched alkanes of at least 4 members (excludes halogenated alkanes) is 2. The van der Waals surface area contributed by atoms with E-state index >= 15 is 0 Å². The molecule has 0 radical (unpaired) electrons. The molecule has 1 heterocycles. The Hall–Kier alpha value is -3.34. The Bertz CT molecular complexity index is 1200. The molecule has 2 amide bonds. The summed E-state index contributed by atoms with van der Waals surface area (Å²) in [4.78, 5) is 28.3. The largest absolute Gasteiger partial charge is 0.325 e. The Kier molecular flexibility index (Phi) is 8.47. The molecule has 0 aliphatic rings. The molecule has 1 atom stereocenters. The summed E-state index contributed by atoms with van der Waals surface area (Å²) in [7, 11) is -4.05. The van der Waals surface area contributed by atoms with Crippen molar-refractivity contribution < 1.29 is 23.2 Å². The van der Waals surface area contributed by atoms with E-state index in [-0.39, 0.29) is 17.7 Å². The highest BCUT2D eigenvalue weighted by Crippen LogP contribution is 2.21. The zero-order valence-electron chi connectivity index (χ0n) is 17.9. The van der Waals surface area contributed by atoms with Gasteiger partial charge in [-0.25, -0.2) is 13.9 Å². The standard InChI is InChI=1S/C23H26N4O5S/c28-21(26-30)15-6-2-5-13-19(23(29)25-18-11-3-1-4-12-18)27-33(31,32)20-14-7-9-17-10-8-16-24-22(17)20/h1,3-4,7-12,14,16,19,27,30H,2,5-6,13,15H2,(H,25,29)(H,26,28)/t19-/m0/s1. The number of anilines is 1. The van der Waals surface area contributed by atoms with Gasteiger partial charge in [0, 0.05) is 23.7 Å². The number of hydroxylamine groups is 1. The average molecular weight is 471 g/mol. The van der Waals surface area contributed by atoms with Crippen molar-refractivity contribution >= 4 is 38.4 Å². The minimum Gasteiger partial charge on any atom is -0.325 e. The molecule has 0 aliphatic carbocycles. The third-order valence-corrected chi connectivity index (χ3v) is 6.57. The highest BCUT2D eigenvalue weighted by Gasteiger charge is 2.27. The Labute approximate surface area is 192 Å². The van der Waals surface area contributed by atoms with Crippen LogP contribution in [0.15, 0.2) is 71.8 Å². The van der Waals surface area contributed by atoms with Crippen LogP contribution in [-0.2, 0) is 19.6 Å². The highest BCUT2D eigenvalue weighted by molar-refractivity contribution is 7.89. The number of rotatable bonds is 11. The lowest BCUT2D eigenvalue weighted by atomic mass is 10.1. The molecular weight excluding hydrogens is 444 g/mol. The van der Waals surface area contributed by atoms with Crippen LogP contribution in [0.1, 0.15) is 32.1 Å². The van der Waals surface area contributed by atoms with E-state index in [0.717, 1.165) is 0 Å². The van der Waals surface area contributed by atoms with Crippen LogP contribution in [-0.4, -0.2) is 36.5 Å². The molecule has 33 heavy (non-hydrogen) atoms. The summed E-state index contributed by atoms with van der Waals surface area (Å²) in [6.07, 6.45) is 3.48. The van der Waals surface area contributed by atoms with E-state index in [9.17, 15) is 18.0 Å². The first-order valence-electron chi connectivity index (χ1n) is 10.6. The van der Waals surface area contributed by atoms with Crippen molar-refractivity contribution in [2.24, 2.45) is 0 Å². The summed E-state index contributed by atoms with van der Waals surface area (Å²) in [5.74, 6) is -0.969. The number of nitrogens with one attached hydrogen (secondary N) is 3. The molecule has 1 aromatic heterocycles. The number of sulfonamides is 1. The maximum Gasteiger partial charge on any atom is 0.243 e. The van der Waals surface area contributed by atoms with Crippen LogP contribution in [0.25, 0.3) is 10.9 Å². The van der Waals surface area contributed by atoms with Crippen molar-refractivity contribution in [1.29, 1.82) is 0 Å². The number of carbonyl (C=O) groups excluding carboxylic acids is 2. The number of amides is 2. The van der Waals surface area contributed by atoms with Crippen LogP contribution >= 0.6 is 0 Å². The summed E-state index contributed by atoms with van der Waals surface area (Å²) in [5.41, 5.74) is 2.45. The second-order valence-electron chi connectivity index (χ2n) is 7.49. The molecule has 3 aromatic rings. The summed E-state index contributed by atoms with van der Waals surface area (Å²) in [6.45, 7) is 0. The minimum atomic E-state index is -4.05. The Balaban J connectivity index is 1.77. The number of carbonyl (C=O) groups is 2. The van der Waals surface area contributed by atoms with Crippen molar-refractivity contribution in [3.63, 3.8) is 0 Å². The van der Waals surface area contributed by atoms with Crippen LogP contribution in [0.3, 0.4) is 0 Å². The van der Waals surface area contributed by atoms with Crippen LogP contribution in [0.2, 0.25) is 0 Å². The number of pyridine rings is 1. The van der Waals surface area contributed by atoms with E-state index in [4.69, 9.17) is 5.21 Å². The van der Waals surface area contributed by atoms with Gasteiger partial charge in [-0.3, -0.25) is 19.8 Å². The maximum atomic E-state index is 13.2. The van der Waals surface area contributed by atoms with Gasteiger partial charge >= 0.3 is 0 Å². The van der Waals surface area contributed by atoms with E-state index in [0.29, 0.717) is 35.9 Å². The molecule has 9 nitrogen and oxygen atoms in total. The normalized spacial score (nSPS) is 12.3. The second kappa shape index (κ2) is 11.5. The van der Waals surface area contributed by atoms with Gasteiger partial charge in [0.25, 0.3) is 0 Å². The molecule has 2 aromatic carbocycles. The molecule has 174 valence electrons.